The molecule has 30 heavy (non-hydrogen) atoms. The van der Waals surface area contributed by atoms with Crippen LogP contribution in [0.3, 0.4) is 0 Å². The SMILES string of the molecule is NC(Cc1ccccc1)C(=O)NNCC1C2CCC(O2)C1CCCCCCC(=O)O. The number of hydrazine groups is 1. The Morgan fingerprint density at radius 2 is 1.77 bits per heavy atom. The molecule has 3 rings (SSSR count). The van der Waals surface area contributed by atoms with Crippen LogP contribution in [0.15, 0.2) is 30.3 Å². The topological polar surface area (TPSA) is 114 Å². The van der Waals surface area contributed by atoms with Gasteiger partial charge in [-0.1, -0.05) is 49.6 Å². The Kier molecular flexibility index (Phi) is 8.66. The fourth-order valence-corrected chi connectivity index (χ4v) is 4.87. The van der Waals surface area contributed by atoms with Crippen LogP contribution in [0.2, 0.25) is 0 Å². The van der Waals surface area contributed by atoms with Crippen molar-refractivity contribution in [3.63, 3.8) is 0 Å². The van der Waals surface area contributed by atoms with E-state index in [-0.39, 0.29) is 18.4 Å². The lowest BCUT2D eigenvalue weighted by molar-refractivity contribution is -0.137. The minimum atomic E-state index is -0.715. The second-order valence-corrected chi connectivity index (χ2v) is 8.63. The van der Waals surface area contributed by atoms with Gasteiger partial charge in [-0.15, -0.1) is 0 Å². The Morgan fingerprint density at radius 3 is 2.50 bits per heavy atom. The number of rotatable bonds is 13. The normalized spacial score (nSPS) is 25.9. The molecule has 0 radical (unpaired) electrons. The first-order valence-corrected chi connectivity index (χ1v) is 11.2. The third-order valence-electron chi connectivity index (χ3n) is 6.45. The van der Waals surface area contributed by atoms with Gasteiger partial charge in [0.05, 0.1) is 18.2 Å². The molecule has 2 aliphatic heterocycles. The summed E-state index contributed by atoms with van der Waals surface area (Å²) in [6.45, 7) is 0.689. The number of benzene rings is 1. The average molecular weight is 418 g/mol. The van der Waals surface area contributed by atoms with Crippen molar-refractivity contribution in [2.24, 2.45) is 17.6 Å². The maximum Gasteiger partial charge on any atom is 0.303 e. The maximum absolute atomic E-state index is 12.3. The van der Waals surface area contributed by atoms with E-state index < -0.39 is 12.0 Å². The molecule has 1 amide bonds. The monoisotopic (exact) mass is 417 g/mol. The number of unbranched alkanes of at least 4 members (excludes halogenated alkanes) is 3. The zero-order chi connectivity index (χ0) is 21.3. The highest BCUT2D eigenvalue weighted by molar-refractivity contribution is 5.81. The van der Waals surface area contributed by atoms with Gasteiger partial charge in [-0.3, -0.25) is 15.0 Å². The van der Waals surface area contributed by atoms with Gasteiger partial charge in [0.1, 0.15) is 0 Å². The maximum atomic E-state index is 12.3. The lowest BCUT2D eigenvalue weighted by Gasteiger charge is -2.28. The molecule has 2 heterocycles. The summed E-state index contributed by atoms with van der Waals surface area (Å²) in [4.78, 5) is 22.9. The van der Waals surface area contributed by atoms with Gasteiger partial charge in [0, 0.05) is 18.9 Å². The Labute approximate surface area is 178 Å². The number of carbonyl (C=O) groups excluding carboxylic acids is 1. The Morgan fingerprint density at radius 1 is 1.07 bits per heavy atom. The predicted molar refractivity (Wildman–Crippen MR) is 114 cm³/mol. The van der Waals surface area contributed by atoms with Crippen molar-refractivity contribution < 1.29 is 19.4 Å². The number of carboxylic acid groups (broad SMARTS) is 1. The van der Waals surface area contributed by atoms with E-state index in [1.54, 1.807) is 0 Å². The third kappa shape index (κ3) is 6.52. The summed E-state index contributed by atoms with van der Waals surface area (Å²) < 4.78 is 6.14. The molecule has 5 atom stereocenters. The predicted octanol–water partition coefficient (Wildman–Crippen LogP) is 2.40. The highest BCUT2D eigenvalue weighted by Gasteiger charge is 2.47. The van der Waals surface area contributed by atoms with Crippen LogP contribution in [0.1, 0.15) is 56.9 Å². The molecule has 2 fully saturated rings. The van der Waals surface area contributed by atoms with E-state index in [0.29, 0.717) is 30.9 Å². The molecule has 2 aliphatic rings. The number of hydrogen-bond donors (Lipinski definition) is 4. The van der Waals surface area contributed by atoms with Gasteiger partial charge in [0.2, 0.25) is 0 Å². The van der Waals surface area contributed by atoms with Gasteiger partial charge in [-0.2, -0.15) is 0 Å². The van der Waals surface area contributed by atoms with Crippen molar-refractivity contribution in [2.45, 2.75) is 76.0 Å². The van der Waals surface area contributed by atoms with Crippen LogP contribution in [0, 0.1) is 11.8 Å². The van der Waals surface area contributed by atoms with E-state index >= 15 is 0 Å². The number of ether oxygens (including phenoxy) is 1. The molecule has 2 saturated heterocycles. The molecular formula is C23H35N3O4. The summed E-state index contributed by atoms with van der Waals surface area (Å²) >= 11 is 0. The van der Waals surface area contributed by atoms with Gasteiger partial charge < -0.3 is 15.6 Å². The molecule has 5 N–H and O–H groups in total. The Hall–Kier alpha value is -1.96. The molecule has 166 valence electrons. The van der Waals surface area contributed by atoms with Crippen molar-refractivity contribution in [3.05, 3.63) is 35.9 Å². The Bertz CT molecular complexity index is 684. The minimum absolute atomic E-state index is 0.196. The molecule has 0 spiro atoms. The molecule has 1 aromatic carbocycles. The molecular weight excluding hydrogens is 382 g/mol. The Balaban J connectivity index is 1.36. The molecule has 7 nitrogen and oxygen atoms in total. The van der Waals surface area contributed by atoms with E-state index in [1.165, 1.54) is 0 Å². The lowest BCUT2D eigenvalue weighted by atomic mass is 9.76. The summed E-state index contributed by atoms with van der Waals surface area (Å²) in [7, 11) is 0. The number of carbonyl (C=O) groups is 2. The summed E-state index contributed by atoms with van der Waals surface area (Å²) in [5.41, 5.74) is 13.0. The van der Waals surface area contributed by atoms with Gasteiger partial charge in [0.15, 0.2) is 0 Å². The number of fused-ring (bicyclic) bond motifs is 2. The molecule has 0 aromatic heterocycles. The van der Waals surface area contributed by atoms with E-state index in [0.717, 1.165) is 50.5 Å². The molecule has 2 bridgehead atoms. The smallest absolute Gasteiger partial charge is 0.303 e. The minimum Gasteiger partial charge on any atom is -0.481 e. The fraction of sp³-hybridized carbons (Fsp3) is 0.652. The lowest BCUT2D eigenvalue weighted by Crippen LogP contribution is -2.50. The van der Waals surface area contributed by atoms with Crippen LogP contribution in [0.25, 0.3) is 0 Å². The quantitative estimate of drug-likeness (QED) is 0.289. The fourth-order valence-electron chi connectivity index (χ4n) is 4.87. The van der Waals surface area contributed by atoms with Crippen molar-refractivity contribution in [1.29, 1.82) is 0 Å². The zero-order valence-corrected chi connectivity index (χ0v) is 17.6. The van der Waals surface area contributed by atoms with E-state index in [9.17, 15) is 9.59 Å². The standard InChI is InChI=1S/C23H35N3O4/c24-19(14-16-8-4-3-5-9-16)23(29)26-25-15-18-17(20-12-13-21(18)30-20)10-6-1-2-7-11-22(27)28/h3-5,8-9,17-21,25H,1-2,6-7,10-15,24H2,(H,26,29)(H,27,28). The third-order valence-corrected chi connectivity index (χ3v) is 6.45. The van der Waals surface area contributed by atoms with Crippen molar-refractivity contribution >= 4 is 11.9 Å². The van der Waals surface area contributed by atoms with Crippen LogP contribution < -0.4 is 16.6 Å². The largest absolute Gasteiger partial charge is 0.481 e. The summed E-state index contributed by atoms with van der Waals surface area (Å²) in [5, 5.41) is 8.72. The molecule has 7 heteroatoms. The van der Waals surface area contributed by atoms with Crippen molar-refractivity contribution in [3.8, 4) is 0 Å². The average Bonchev–Trinajstić information content (AvgIpc) is 3.33. The first-order valence-electron chi connectivity index (χ1n) is 11.2. The summed E-state index contributed by atoms with van der Waals surface area (Å²) in [5.74, 6) is -0.00915. The van der Waals surface area contributed by atoms with Crippen LogP contribution >= 0.6 is 0 Å². The van der Waals surface area contributed by atoms with Gasteiger partial charge in [-0.25, -0.2) is 5.43 Å². The van der Waals surface area contributed by atoms with Gasteiger partial charge >= 0.3 is 5.97 Å². The van der Waals surface area contributed by atoms with Crippen LogP contribution in [-0.2, 0) is 20.7 Å². The van der Waals surface area contributed by atoms with Crippen LogP contribution in [0.4, 0.5) is 0 Å². The summed E-state index contributed by atoms with van der Waals surface area (Å²) in [6, 6.07) is 9.19. The first-order chi connectivity index (χ1) is 14.5. The number of nitrogens with one attached hydrogen (secondary N) is 2. The molecule has 0 saturated carbocycles. The second kappa shape index (κ2) is 11.4. The van der Waals surface area contributed by atoms with Crippen LogP contribution in [-0.4, -0.2) is 41.8 Å². The summed E-state index contributed by atoms with van der Waals surface area (Å²) in [6.07, 6.45) is 8.57. The van der Waals surface area contributed by atoms with E-state index in [4.69, 9.17) is 15.6 Å². The number of carboxylic acids is 1. The molecule has 1 aromatic rings. The van der Waals surface area contributed by atoms with Gasteiger partial charge in [0.25, 0.3) is 5.91 Å². The highest BCUT2D eigenvalue weighted by Crippen LogP contribution is 2.45. The second-order valence-electron chi connectivity index (χ2n) is 8.63. The first kappa shape index (κ1) is 22.7. The zero-order valence-electron chi connectivity index (χ0n) is 17.6. The van der Waals surface area contributed by atoms with Crippen LogP contribution in [0.5, 0.6) is 0 Å². The number of nitrogens with two attached hydrogens (primary N) is 1. The highest BCUT2D eigenvalue weighted by atomic mass is 16.5. The molecule has 0 aliphatic carbocycles. The molecule has 5 unspecified atom stereocenters. The van der Waals surface area contributed by atoms with E-state index in [2.05, 4.69) is 10.9 Å². The number of hydrogen-bond acceptors (Lipinski definition) is 5. The number of amides is 1. The van der Waals surface area contributed by atoms with Crippen molar-refractivity contribution in [2.75, 3.05) is 6.54 Å². The van der Waals surface area contributed by atoms with Gasteiger partial charge in [-0.05, 0) is 43.6 Å². The van der Waals surface area contributed by atoms with E-state index in [1.807, 2.05) is 30.3 Å². The van der Waals surface area contributed by atoms with Crippen molar-refractivity contribution in [1.82, 2.24) is 10.9 Å². The number of aliphatic carboxylic acids is 1.